The molecular weight excluding hydrogens is 362 g/mol. The number of hydrogen-bond acceptors (Lipinski definition) is 5. The van der Waals surface area contributed by atoms with Crippen molar-refractivity contribution in [2.75, 3.05) is 19.0 Å². The number of rotatable bonds is 6. The Labute approximate surface area is 163 Å². The van der Waals surface area contributed by atoms with Gasteiger partial charge in [-0.3, -0.25) is 4.79 Å². The molecule has 0 bridgehead atoms. The van der Waals surface area contributed by atoms with E-state index in [0.29, 0.717) is 22.2 Å². The molecule has 6 heteroatoms. The molecule has 0 unspecified atom stereocenters. The number of esters is 1. The first-order valence-electron chi connectivity index (χ1n) is 9.25. The first-order chi connectivity index (χ1) is 13.0. The van der Waals surface area contributed by atoms with Gasteiger partial charge in [0, 0.05) is 4.88 Å². The standard InChI is InChI=1S/C21H25NO4S/c1-13(2)14-8-4-6-10-16(14)26-12-18(23)22-20-19(21(24)25-3)15-9-5-7-11-17(15)27-20/h4,6,8,10,13H,5,7,9,11-12H2,1-3H3,(H,22,23). The Morgan fingerprint density at radius 2 is 1.93 bits per heavy atom. The Kier molecular flexibility index (Phi) is 6.16. The fourth-order valence-corrected chi connectivity index (χ4v) is 4.66. The topological polar surface area (TPSA) is 64.6 Å². The van der Waals surface area contributed by atoms with Crippen LogP contribution in [0, 0.1) is 0 Å². The Morgan fingerprint density at radius 1 is 1.19 bits per heavy atom. The van der Waals surface area contributed by atoms with Crippen LogP contribution < -0.4 is 10.1 Å². The smallest absolute Gasteiger partial charge is 0.341 e. The number of benzene rings is 1. The average molecular weight is 388 g/mol. The molecule has 1 aromatic carbocycles. The second-order valence-electron chi connectivity index (χ2n) is 6.94. The molecule has 27 heavy (non-hydrogen) atoms. The number of para-hydroxylation sites is 1. The van der Waals surface area contributed by atoms with Crippen LogP contribution in [0.2, 0.25) is 0 Å². The Hall–Kier alpha value is -2.34. The summed E-state index contributed by atoms with van der Waals surface area (Å²) in [6.07, 6.45) is 3.95. The second-order valence-corrected chi connectivity index (χ2v) is 8.04. The summed E-state index contributed by atoms with van der Waals surface area (Å²) in [7, 11) is 1.37. The molecule has 2 aromatic rings. The van der Waals surface area contributed by atoms with E-state index < -0.39 is 5.97 Å². The Morgan fingerprint density at radius 3 is 2.67 bits per heavy atom. The molecule has 1 aromatic heterocycles. The van der Waals surface area contributed by atoms with Crippen molar-refractivity contribution in [2.45, 2.75) is 45.4 Å². The number of methoxy groups -OCH3 is 1. The summed E-state index contributed by atoms with van der Waals surface area (Å²) in [5.74, 6) is 0.341. The third-order valence-corrected chi connectivity index (χ3v) is 5.92. The average Bonchev–Trinajstić information content (AvgIpc) is 3.03. The molecule has 0 atom stereocenters. The van der Waals surface area contributed by atoms with Crippen LogP contribution in [0.3, 0.4) is 0 Å². The number of hydrogen-bond donors (Lipinski definition) is 1. The predicted molar refractivity (Wildman–Crippen MR) is 107 cm³/mol. The minimum absolute atomic E-state index is 0.104. The molecule has 3 rings (SSSR count). The highest BCUT2D eigenvalue weighted by atomic mass is 32.1. The summed E-state index contributed by atoms with van der Waals surface area (Å²) in [5, 5.41) is 3.42. The van der Waals surface area contributed by atoms with Gasteiger partial charge in [0.15, 0.2) is 6.61 Å². The number of anilines is 1. The van der Waals surface area contributed by atoms with Crippen LogP contribution in [-0.2, 0) is 22.4 Å². The van der Waals surface area contributed by atoms with E-state index in [2.05, 4.69) is 19.2 Å². The molecule has 0 saturated heterocycles. The summed E-state index contributed by atoms with van der Waals surface area (Å²) >= 11 is 1.48. The second kappa shape index (κ2) is 8.57. The molecule has 0 fully saturated rings. The maximum absolute atomic E-state index is 12.5. The van der Waals surface area contributed by atoms with Crippen LogP contribution in [0.1, 0.15) is 59.0 Å². The molecular formula is C21H25NO4S. The number of aryl methyl sites for hydroxylation is 1. The quantitative estimate of drug-likeness (QED) is 0.738. The van der Waals surface area contributed by atoms with Crippen LogP contribution in [-0.4, -0.2) is 25.6 Å². The Bertz CT molecular complexity index is 841. The van der Waals surface area contributed by atoms with Gasteiger partial charge in [0.1, 0.15) is 10.8 Å². The summed E-state index contributed by atoms with van der Waals surface area (Å²) in [5.41, 5.74) is 2.60. The zero-order valence-electron chi connectivity index (χ0n) is 16.0. The van der Waals surface area contributed by atoms with E-state index in [0.717, 1.165) is 36.8 Å². The van der Waals surface area contributed by atoms with Gasteiger partial charge in [-0.15, -0.1) is 11.3 Å². The maximum atomic E-state index is 12.5. The normalized spacial score (nSPS) is 13.2. The van der Waals surface area contributed by atoms with Crippen LogP contribution in [0.25, 0.3) is 0 Å². The van der Waals surface area contributed by atoms with Crippen molar-refractivity contribution in [3.8, 4) is 5.75 Å². The van der Waals surface area contributed by atoms with Gasteiger partial charge in [-0.05, 0) is 48.8 Å². The molecule has 1 N–H and O–H groups in total. The van der Waals surface area contributed by atoms with Gasteiger partial charge in [-0.2, -0.15) is 0 Å². The van der Waals surface area contributed by atoms with Gasteiger partial charge in [-0.25, -0.2) is 4.79 Å². The molecule has 0 radical (unpaired) electrons. The van der Waals surface area contributed by atoms with Gasteiger partial charge in [0.05, 0.1) is 12.7 Å². The fraction of sp³-hybridized carbons (Fsp3) is 0.429. The van der Waals surface area contributed by atoms with Gasteiger partial charge in [0.25, 0.3) is 5.91 Å². The highest BCUT2D eigenvalue weighted by Gasteiger charge is 2.27. The maximum Gasteiger partial charge on any atom is 0.341 e. The lowest BCUT2D eigenvalue weighted by Gasteiger charge is -2.14. The van der Waals surface area contributed by atoms with Crippen molar-refractivity contribution in [2.24, 2.45) is 0 Å². The van der Waals surface area contributed by atoms with E-state index in [1.54, 1.807) is 0 Å². The number of carbonyl (C=O) groups is 2. The highest BCUT2D eigenvalue weighted by Crippen LogP contribution is 2.38. The van der Waals surface area contributed by atoms with Gasteiger partial charge in [-0.1, -0.05) is 32.0 Å². The fourth-order valence-electron chi connectivity index (χ4n) is 3.37. The third-order valence-electron chi connectivity index (χ3n) is 4.71. The number of nitrogens with one attached hydrogen (secondary N) is 1. The zero-order chi connectivity index (χ0) is 19.4. The van der Waals surface area contributed by atoms with Crippen molar-refractivity contribution in [1.29, 1.82) is 0 Å². The van der Waals surface area contributed by atoms with E-state index >= 15 is 0 Å². The van der Waals surface area contributed by atoms with Gasteiger partial charge >= 0.3 is 5.97 Å². The van der Waals surface area contributed by atoms with Crippen molar-refractivity contribution in [3.05, 3.63) is 45.8 Å². The van der Waals surface area contributed by atoms with Crippen molar-refractivity contribution < 1.29 is 19.1 Å². The summed E-state index contributed by atoms with van der Waals surface area (Å²) in [6, 6.07) is 7.72. The van der Waals surface area contributed by atoms with Crippen molar-refractivity contribution in [1.82, 2.24) is 0 Å². The number of carbonyl (C=O) groups excluding carboxylic acids is 2. The molecule has 0 saturated carbocycles. The number of fused-ring (bicyclic) bond motifs is 1. The number of ether oxygens (including phenoxy) is 2. The summed E-state index contributed by atoms with van der Waals surface area (Å²) in [4.78, 5) is 25.9. The predicted octanol–water partition coefficient (Wildman–Crippen LogP) is 4.55. The van der Waals surface area contributed by atoms with Crippen LogP contribution >= 0.6 is 11.3 Å². The molecule has 5 nitrogen and oxygen atoms in total. The van der Waals surface area contributed by atoms with E-state index in [9.17, 15) is 9.59 Å². The monoisotopic (exact) mass is 387 g/mol. The molecule has 1 heterocycles. The van der Waals surface area contributed by atoms with Crippen LogP contribution in [0.15, 0.2) is 24.3 Å². The molecule has 1 amide bonds. The SMILES string of the molecule is COC(=O)c1c(NC(=O)COc2ccccc2C(C)C)sc2c1CCCC2. The lowest BCUT2D eigenvalue weighted by molar-refractivity contribution is -0.118. The van der Waals surface area contributed by atoms with Crippen LogP contribution in [0.4, 0.5) is 5.00 Å². The van der Waals surface area contributed by atoms with E-state index in [-0.39, 0.29) is 12.5 Å². The number of thiophene rings is 1. The first-order valence-corrected chi connectivity index (χ1v) is 10.1. The summed E-state index contributed by atoms with van der Waals surface area (Å²) < 4.78 is 10.7. The van der Waals surface area contributed by atoms with Gasteiger partial charge < -0.3 is 14.8 Å². The molecule has 0 aliphatic heterocycles. The van der Waals surface area contributed by atoms with E-state index in [1.165, 1.54) is 23.3 Å². The minimum atomic E-state index is -0.393. The lowest BCUT2D eigenvalue weighted by Crippen LogP contribution is -2.21. The minimum Gasteiger partial charge on any atom is -0.483 e. The van der Waals surface area contributed by atoms with Crippen molar-refractivity contribution >= 4 is 28.2 Å². The van der Waals surface area contributed by atoms with Crippen LogP contribution in [0.5, 0.6) is 5.75 Å². The molecule has 1 aliphatic carbocycles. The first kappa shape index (κ1) is 19.4. The highest BCUT2D eigenvalue weighted by molar-refractivity contribution is 7.17. The molecule has 0 spiro atoms. The largest absolute Gasteiger partial charge is 0.483 e. The molecule has 1 aliphatic rings. The van der Waals surface area contributed by atoms with E-state index in [4.69, 9.17) is 9.47 Å². The number of amides is 1. The lowest BCUT2D eigenvalue weighted by atomic mass is 9.95. The van der Waals surface area contributed by atoms with Crippen molar-refractivity contribution in [3.63, 3.8) is 0 Å². The zero-order valence-corrected chi connectivity index (χ0v) is 16.8. The van der Waals surface area contributed by atoms with Gasteiger partial charge in [0.2, 0.25) is 0 Å². The Balaban J connectivity index is 1.73. The third kappa shape index (κ3) is 4.33. The van der Waals surface area contributed by atoms with E-state index in [1.807, 2.05) is 24.3 Å². The summed E-state index contributed by atoms with van der Waals surface area (Å²) in [6.45, 7) is 4.06. The molecule has 144 valence electrons.